The van der Waals surface area contributed by atoms with Gasteiger partial charge in [0.25, 0.3) is 0 Å². The molecule has 0 fully saturated rings. The van der Waals surface area contributed by atoms with Crippen molar-refractivity contribution in [3.8, 4) is 11.6 Å². The van der Waals surface area contributed by atoms with Crippen LogP contribution in [0.5, 0.6) is 0 Å². The molecule has 3 aromatic heterocycles. The molecule has 0 aliphatic rings. The third-order valence-corrected chi connectivity index (χ3v) is 2.75. The van der Waals surface area contributed by atoms with E-state index in [0.717, 1.165) is 17.2 Å². The van der Waals surface area contributed by atoms with Gasteiger partial charge >= 0.3 is 0 Å². The highest BCUT2D eigenvalue weighted by Crippen LogP contribution is 2.21. The molecule has 0 amide bonds. The zero-order valence-electron chi connectivity index (χ0n) is 10.6. The van der Waals surface area contributed by atoms with Gasteiger partial charge in [-0.15, -0.1) is 5.10 Å². The number of rotatable bonds is 2. The molecule has 0 bridgehead atoms. The van der Waals surface area contributed by atoms with E-state index >= 15 is 0 Å². The Morgan fingerprint density at radius 2 is 2.06 bits per heavy atom. The summed E-state index contributed by atoms with van der Waals surface area (Å²) in [4.78, 5) is 8.81. The lowest BCUT2D eigenvalue weighted by atomic mass is 10.2. The van der Waals surface area contributed by atoms with Crippen LogP contribution in [0.4, 0.5) is 0 Å². The van der Waals surface area contributed by atoms with Gasteiger partial charge in [0, 0.05) is 18.2 Å². The van der Waals surface area contributed by atoms with E-state index in [4.69, 9.17) is 4.42 Å². The number of fused-ring (bicyclic) bond motifs is 1. The minimum Gasteiger partial charge on any atom is -0.458 e. The molecule has 5 nitrogen and oxygen atoms in total. The van der Waals surface area contributed by atoms with Crippen molar-refractivity contribution in [3.05, 3.63) is 36.0 Å². The van der Waals surface area contributed by atoms with Gasteiger partial charge in [-0.3, -0.25) is 0 Å². The maximum absolute atomic E-state index is 5.60. The predicted octanol–water partition coefficient (Wildman–Crippen LogP) is 2.82. The van der Waals surface area contributed by atoms with Crippen molar-refractivity contribution in [3.63, 3.8) is 0 Å². The minimum absolute atomic E-state index is 0.288. The Balaban J connectivity index is 2.23. The van der Waals surface area contributed by atoms with Crippen molar-refractivity contribution in [1.29, 1.82) is 0 Å². The van der Waals surface area contributed by atoms with Crippen molar-refractivity contribution >= 4 is 5.65 Å². The van der Waals surface area contributed by atoms with Crippen molar-refractivity contribution in [2.24, 2.45) is 0 Å². The number of aromatic nitrogens is 4. The van der Waals surface area contributed by atoms with Crippen molar-refractivity contribution in [1.82, 2.24) is 19.6 Å². The van der Waals surface area contributed by atoms with E-state index in [0.29, 0.717) is 11.6 Å². The van der Waals surface area contributed by atoms with Crippen molar-refractivity contribution in [2.75, 3.05) is 0 Å². The quantitative estimate of drug-likeness (QED) is 0.693. The van der Waals surface area contributed by atoms with E-state index in [-0.39, 0.29) is 5.92 Å². The van der Waals surface area contributed by atoms with Crippen molar-refractivity contribution < 1.29 is 4.42 Å². The summed E-state index contributed by atoms with van der Waals surface area (Å²) in [5, 5.41) is 4.48. The van der Waals surface area contributed by atoms with E-state index in [1.165, 1.54) is 0 Å². The molecule has 3 heterocycles. The Bertz CT molecular complexity index is 696. The number of hydrogen-bond donors (Lipinski definition) is 0. The van der Waals surface area contributed by atoms with Gasteiger partial charge < -0.3 is 4.42 Å². The molecule has 0 atom stereocenters. The fraction of sp³-hybridized carbons (Fsp3) is 0.308. The van der Waals surface area contributed by atoms with E-state index in [1.807, 2.05) is 25.1 Å². The third kappa shape index (κ3) is 1.68. The summed E-state index contributed by atoms with van der Waals surface area (Å²) in [6, 6.07) is 5.65. The average Bonchev–Trinajstić information content (AvgIpc) is 2.94. The van der Waals surface area contributed by atoms with Crippen LogP contribution in [-0.2, 0) is 0 Å². The molecule has 5 heteroatoms. The highest BCUT2D eigenvalue weighted by Gasteiger charge is 2.13. The van der Waals surface area contributed by atoms with Gasteiger partial charge in [-0.2, -0.15) is 4.52 Å². The average molecular weight is 242 g/mol. The molecule has 0 aliphatic heterocycles. The topological polar surface area (TPSA) is 56.2 Å². The van der Waals surface area contributed by atoms with Gasteiger partial charge in [0.2, 0.25) is 0 Å². The summed E-state index contributed by atoms with van der Waals surface area (Å²) in [5.74, 6) is 3.34. The minimum atomic E-state index is 0.288. The summed E-state index contributed by atoms with van der Waals surface area (Å²) in [6.07, 6.45) is 1.72. The second-order valence-corrected chi connectivity index (χ2v) is 4.57. The Morgan fingerprint density at radius 1 is 1.22 bits per heavy atom. The highest BCUT2D eigenvalue weighted by atomic mass is 16.3. The van der Waals surface area contributed by atoms with Crippen LogP contribution in [-0.4, -0.2) is 19.6 Å². The second kappa shape index (κ2) is 3.94. The number of nitrogens with zero attached hydrogens (tertiary/aromatic N) is 4. The van der Waals surface area contributed by atoms with Crippen LogP contribution in [0.1, 0.15) is 31.4 Å². The molecule has 0 saturated carbocycles. The lowest BCUT2D eigenvalue weighted by Gasteiger charge is -1.98. The van der Waals surface area contributed by atoms with E-state index in [2.05, 4.69) is 28.9 Å². The lowest BCUT2D eigenvalue weighted by Crippen LogP contribution is -1.97. The molecule has 0 N–H and O–H groups in total. The molecule has 3 aromatic rings. The molecule has 92 valence electrons. The van der Waals surface area contributed by atoms with Crippen LogP contribution in [0.2, 0.25) is 0 Å². The van der Waals surface area contributed by atoms with Crippen LogP contribution in [0.15, 0.2) is 28.8 Å². The summed E-state index contributed by atoms with van der Waals surface area (Å²) >= 11 is 0. The normalized spacial score (nSPS) is 11.6. The number of aryl methyl sites for hydroxylation is 1. The molecule has 0 radical (unpaired) electrons. The molecule has 0 aromatic carbocycles. The van der Waals surface area contributed by atoms with Gasteiger partial charge in [-0.1, -0.05) is 13.8 Å². The third-order valence-electron chi connectivity index (χ3n) is 2.75. The summed E-state index contributed by atoms with van der Waals surface area (Å²) < 4.78 is 7.33. The lowest BCUT2D eigenvalue weighted by molar-refractivity contribution is 0.541. The fourth-order valence-corrected chi connectivity index (χ4v) is 1.80. The van der Waals surface area contributed by atoms with E-state index in [9.17, 15) is 0 Å². The maximum atomic E-state index is 5.60. The highest BCUT2D eigenvalue weighted by molar-refractivity contribution is 5.53. The van der Waals surface area contributed by atoms with Crippen LogP contribution in [0.25, 0.3) is 17.2 Å². The first kappa shape index (κ1) is 11.0. The first-order valence-corrected chi connectivity index (χ1v) is 5.93. The standard InChI is InChI=1S/C13H14N4O/c1-8(2)12-15-11-6-7-14-13(17(11)16-12)10-5-4-9(3)18-10/h4-8H,1-3H3. The summed E-state index contributed by atoms with van der Waals surface area (Å²) in [6.45, 7) is 6.04. The SMILES string of the molecule is Cc1ccc(-c2nccc3nc(C(C)C)nn23)o1. The van der Waals surface area contributed by atoms with Gasteiger partial charge in [0.05, 0.1) is 0 Å². The Kier molecular flexibility index (Phi) is 2.40. The van der Waals surface area contributed by atoms with Gasteiger partial charge in [0.15, 0.2) is 23.1 Å². The molecule has 0 unspecified atom stereocenters. The van der Waals surface area contributed by atoms with Crippen LogP contribution >= 0.6 is 0 Å². The first-order valence-electron chi connectivity index (χ1n) is 5.93. The summed E-state index contributed by atoms with van der Waals surface area (Å²) in [7, 11) is 0. The van der Waals surface area contributed by atoms with Crippen LogP contribution < -0.4 is 0 Å². The fourth-order valence-electron chi connectivity index (χ4n) is 1.80. The predicted molar refractivity (Wildman–Crippen MR) is 67.3 cm³/mol. The van der Waals surface area contributed by atoms with E-state index in [1.54, 1.807) is 10.7 Å². The monoisotopic (exact) mass is 242 g/mol. The maximum Gasteiger partial charge on any atom is 0.198 e. The molecule has 3 rings (SSSR count). The van der Waals surface area contributed by atoms with Gasteiger partial charge in [-0.05, 0) is 19.1 Å². The molecule has 18 heavy (non-hydrogen) atoms. The Labute approximate surface area is 104 Å². The number of furan rings is 1. The smallest absolute Gasteiger partial charge is 0.198 e. The number of hydrogen-bond acceptors (Lipinski definition) is 4. The van der Waals surface area contributed by atoms with E-state index < -0.39 is 0 Å². The van der Waals surface area contributed by atoms with Gasteiger partial charge in [-0.25, -0.2) is 9.97 Å². The largest absolute Gasteiger partial charge is 0.458 e. The van der Waals surface area contributed by atoms with Crippen molar-refractivity contribution in [2.45, 2.75) is 26.7 Å². The first-order chi connectivity index (χ1) is 8.65. The summed E-state index contributed by atoms with van der Waals surface area (Å²) in [5.41, 5.74) is 0.790. The molecular formula is C13H14N4O. The Hall–Kier alpha value is -2.17. The molecule has 0 aliphatic carbocycles. The molecule has 0 saturated heterocycles. The zero-order chi connectivity index (χ0) is 12.7. The molecule has 0 spiro atoms. The Morgan fingerprint density at radius 3 is 2.72 bits per heavy atom. The van der Waals surface area contributed by atoms with Crippen LogP contribution in [0.3, 0.4) is 0 Å². The molecular weight excluding hydrogens is 228 g/mol. The second-order valence-electron chi connectivity index (χ2n) is 4.57. The van der Waals surface area contributed by atoms with Crippen LogP contribution in [0, 0.1) is 6.92 Å². The van der Waals surface area contributed by atoms with Gasteiger partial charge in [0.1, 0.15) is 5.76 Å². The zero-order valence-corrected chi connectivity index (χ0v) is 10.6.